The van der Waals surface area contributed by atoms with Crippen molar-refractivity contribution in [3.05, 3.63) is 65.2 Å². The molecule has 3 heteroatoms. The molecule has 0 aliphatic rings. The highest BCUT2D eigenvalue weighted by Gasteiger charge is 1.93. The summed E-state index contributed by atoms with van der Waals surface area (Å²) in [5.41, 5.74) is 1.80. The molecule has 2 aromatic rings. The molecule has 1 heterocycles. The summed E-state index contributed by atoms with van der Waals surface area (Å²) in [5, 5.41) is 8.70. The Kier molecular flexibility index (Phi) is 3.27. The zero-order valence-electron chi connectivity index (χ0n) is 8.97. The van der Waals surface area contributed by atoms with Crippen LogP contribution in [-0.4, -0.2) is 4.98 Å². The fourth-order valence-electron chi connectivity index (χ4n) is 1.40. The molecule has 0 aliphatic heterocycles. The highest BCUT2D eigenvalue weighted by molar-refractivity contribution is 5.68. The number of nitrogens with zero attached hydrogens (tertiary/aromatic N) is 2. The van der Waals surface area contributed by atoms with Gasteiger partial charge in [-0.25, -0.2) is 9.37 Å². The van der Waals surface area contributed by atoms with E-state index < -0.39 is 0 Å². The third-order valence-electron chi connectivity index (χ3n) is 2.18. The van der Waals surface area contributed by atoms with Crippen molar-refractivity contribution in [2.75, 3.05) is 0 Å². The topological polar surface area (TPSA) is 36.7 Å². The lowest BCUT2D eigenvalue weighted by Gasteiger charge is -1.95. The van der Waals surface area contributed by atoms with Crippen LogP contribution in [0.4, 0.5) is 4.39 Å². The Morgan fingerprint density at radius 2 is 1.94 bits per heavy atom. The largest absolute Gasteiger partial charge is 0.238 e. The second-order valence-corrected chi connectivity index (χ2v) is 3.45. The van der Waals surface area contributed by atoms with Gasteiger partial charge in [0.2, 0.25) is 0 Å². The highest BCUT2D eigenvalue weighted by Crippen LogP contribution is 2.08. The summed E-state index contributed by atoms with van der Waals surface area (Å²) < 4.78 is 12.9. The summed E-state index contributed by atoms with van der Waals surface area (Å²) in [6.45, 7) is 0. The molecule has 0 saturated carbocycles. The Morgan fingerprint density at radius 1 is 1.12 bits per heavy atom. The molecule has 17 heavy (non-hydrogen) atoms. The number of aromatic nitrogens is 1. The summed E-state index contributed by atoms with van der Waals surface area (Å²) in [7, 11) is 0. The second-order valence-electron chi connectivity index (χ2n) is 3.45. The van der Waals surface area contributed by atoms with Gasteiger partial charge in [0, 0.05) is 0 Å². The molecule has 0 bridgehead atoms. The van der Waals surface area contributed by atoms with Crippen molar-refractivity contribution in [2.45, 2.75) is 0 Å². The smallest absolute Gasteiger partial charge is 0.141 e. The molecule has 0 fully saturated rings. The second kappa shape index (κ2) is 5.04. The van der Waals surface area contributed by atoms with Gasteiger partial charge < -0.3 is 0 Å². The third kappa shape index (κ3) is 2.99. The van der Waals surface area contributed by atoms with Gasteiger partial charge in [-0.05, 0) is 35.9 Å². The van der Waals surface area contributed by atoms with Gasteiger partial charge in [0.1, 0.15) is 17.6 Å². The van der Waals surface area contributed by atoms with Crippen molar-refractivity contribution in [3.63, 3.8) is 0 Å². The first-order valence-corrected chi connectivity index (χ1v) is 5.09. The van der Waals surface area contributed by atoms with Gasteiger partial charge in [-0.3, -0.25) is 0 Å². The fourth-order valence-corrected chi connectivity index (χ4v) is 1.40. The highest BCUT2D eigenvalue weighted by atomic mass is 19.1. The molecule has 1 aromatic carbocycles. The van der Waals surface area contributed by atoms with E-state index in [2.05, 4.69) is 4.98 Å². The molecule has 0 unspecified atom stereocenters. The van der Waals surface area contributed by atoms with Crippen molar-refractivity contribution < 1.29 is 4.39 Å². The van der Waals surface area contributed by atoms with Crippen LogP contribution in [0.25, 0.3) is 12.2 Å². The first-order valence-electron chi connectivity index (χ1n) is 5.09. The van der Waals surface area contributed by atoms with Gasteiger partial charge in [0.05, 0.1) is 5.69 Å². The number of hydrogen-bond donors (Lipinski definition) is 0. The first kappa shape index (κ1) is 11.0. The molecule has 2 rings (SSSR count). The van der Waals surface area contributed by atoms with Crippen LogP contribution >= 0.6 is 0 Å². The molecule has 1 aromatic heterocycles. The number of nitriles is 1. The van der Waals surface area contributed by atoms with Gasteiger partial charge in [-0.2, -0.15) is 5.26 Å². The van der Waals surface area contributed by atoms with E-state index >= 15 is 0 Å². The van der Waals surface area contributed by atoms with E-state index in [1.54, 1.807) is 42.5 Å². The van der Waals surface area contributed by atoms with Crippen molar-refractivity contribution >= 4 is 12.2 Å². The molecular formula is C14H9FN2. The van der Waals surface area contributed by atoms with Crippen LogP contribution in [0.5, 0.6) is 0 Å². The van der Waals surface area contributed by atoms with Crippen molar-refractivity contribution in [3.8, 4) is 6.07 Å². The lowest BCUT2D eigenvalue weighted by atomic mass is 10.2. The van der Waals surface area contributed by atoms with E-state index in [-0.39, 0.29) is 5.82 Å². The van der Waals surface area contributed by atoms with Gasteiger partial charge in [-0.15, -0.1) is 0 Å². The van der Waals surface area contributed by atoms with Crippen molar-refractivity contribution in [1.82, 2.24) is 4.98 Å². The Hall–Kier alpha value is -2.47. The van der Waals surface area contributed by atoms with Crippen LogP contribution < -0.4 is 0 Å². The number of rotatable bonds is 2. The summed E-state index contributed by atoms with van der Waals surface area (Å²) in [6.07, 6.45) is 3.50. The minimum Gasteiger partial charge on any atom is -0.238 e. The Balaban J connectivity index is 2.23. The van der Waals surface area contributed by atoms with E-state index in [4.69, 9.17) is 5.26 Å². The Bertz CT molecular complexity index is 597. The molecule has 0 saturated heterocycles. The maximum Gasteiger partial charge on any atom is 0.141 e. The predicted molar refractivity (Wildman–Crippen MR) is 64.3 cm³/mol. The monoisotopic (exact) mass is 224 g/mol. The van der Waals surface area contributed by atoms with E-state index in [0.29, 0.717) is 11.4 Å². The lowest BCUT2D eigenvalue weighted by molar-refractivity contribution is 0.627. The number of hydrogen-bond acceptors (Lipinski definition) is 2. The van der Waals surface area contributed by atoms with Gasteiger partial charge in [0.25, 0.3) is 0 Å². The van der Waals surface area contributed by atoms with E-state index in [1.165, 1.54) is 12.1 Å². The summed E-state index contributed by atoms with van der Waals surface area (Å²) in [6, 6.07) is 13.4. The maximum absolute atomic E-state index is 12.9. The molecule has 0 atom stereocenters. The molecular weight excluding hydrogens is 215 g/mol. The summed E-state index contributed by atoms with van der Waals surface area (Å²) in [4.78, 5) is 4.09. The Morgan fingerprint density at radius 3 is 2.71 bits per heavy atom. The fraction of sp³-hybridized carbons (Fsp3) is 0. The van der Waals surface area contributed by atoms with Crippen LogP contribution in [0.1, 0.15) is 17.0 Å². The van der Waals surface area contributed by atoms with Gasteiger partial charge in [-0.1, -0.05) is 24.3 Å². The molecule has 0 aliphatic carbocycles. The number of benzene rings is 1. The molecule has 82 valence electrons. The van der Waals surface area contributed by atoms with Gasteiger partial charge in [0.15, 0.2) is 0 Å². The molecule has 0 N–H and O–H groups in total. The van der Waals surface area contributed by atoms with Crippen molar-refractivity contribution in [1.29, 1.82) is 5.26 Å². The van der Waals surface area contributed by atoms with E-state index in [0.717, 1.165) is 5.56 Å². The molecule has 0 amide bonds. The van der Waals surface area contributed by atoms with Crippen LogP contribution in [0, 0.1) is 17.1 Å². The Labute approximate surface area is 98.7 Å². The van der Waals surface area contributed by atoms with Crippen LogP contribution in [0.3, 0.4) is 0 Å². The summed E-state index contributed by atoms with van der Waals surface area (Å²) in [5.74, 6) is -0.272. The normalized spacial score (nSPS) is 10.4. The lowest BCUT2D eigenvalue weighted by Crippen LogP contribution is -1.84. The van der Waals surface area contributed by atoms with Crippen LogP contribution in [0.2, 0.25) is 0 Å². The summed E-state index contributed by atoms with van der Waals surface area (Å²) >= 11 is 0. The third-order valence-corrected chi connectivity index (χ3v) is 2.18. The minimum atomic E-state index is -0.272. The zero-order valence-corrected chi connectivity index (χ0v) is 8.97. The van der Waals surface area contributed by atoms with Crippen molar-refractivity contribution in [2.24, 2.45) is 0 Å². The SMILES string of the molecule is N#Cc1cccc(C=Cc2cccc(F)c2)n1. The zero-order chi connectivity index (χ0) is 12.1. The van der Waals surface area contributed by atoms with E-state index in [9.17, 15) is 4.39 Å². The predicted octanol–water partition coefficient (Wildman–Crippen LogP) is 3.26. The van der Waals surface area contributed by atoms with Crippen LogP contribution in [-0.2, 0) is 0 Å². The van der Waals surface area contributed by atoms with Gasteiger partial charge >= 0.3 is 0 Å². The standard InChI is InChI=1S/C14H9FN2/c15-12-4-1-3-11(9-12)7-8-13-5-2-6-14(10-16)17-13/h1-9H. The minimum absolute atomic E-state index is 0.272. The maximum atomic E-state index is 12.9. The average Bonchev–Trinajstić information content (AvgIpc) is 2.37. The number of halogens is 1. The molecule has 0 radical (unpaired) electrons. The molecule has 2 nitrogen and oxygen atoms in total. The van der Waals surface area contributed by atoms with E-state index in [1.807, 2.05) is 6.07 Å². The first-order chi connectivity index (χ1) is 8.28. The molecule has 0 spiro atoms. The quantitative estimate of drug-likeness (QED) is 0.785. The van der Waals surface area contributed by atoms with Crippen LogP contribution in [0.15, 0.2) is 42.5 Å². The number of pyridine rings is 1. The average molecular weight is 224 g/mol.